The molecule has 1 aromatic carbocycles. The number of carbonyl (C=O) groups is 1. The van der Waals surface area contributed by atoms with Gasteiger partial charge in [-0.1, -0.05) is 26.0 Å². The van der Waals surface area contributed by atoms with Crippen LogP contribution in [0.3, 0.4) is 0 Å². The Labute approximate surface area is 145 Å². The molecule has 5 nitrogen and oxygen atoms in total. The summed E-state index contributed by atoms with van der Waals surface area (Å²) in [5, 5.41) is 12.7. The number of aliphatic hydroxyl groups is 1. The SMILES string of the molecule is CC(C)COc1cccc(CNC(=O)N2CCCC(C(C)O)C2)c1. The molecule has 24 heavy (non-hydrogen) atoms. The van der Waals surface area contributed by atoms with Crippen molar-refractivity contribution in [1.29, 1.82) is 0 Å². The van der Waals surface area contributed by atoms with Crippen LogP contribution in [0.2, 0.25) is 0 Å². The van der Waals surface area contributed by atoms with E-state index in [2.05, 4.69) is 19.2 Å². The molecule has 1 aliphatic rings. The quantitative estimate of drug-likeness (QED) is 0.840. The van der Waals surface area contributed by atoms with Crippen LogP contribution in [0.15, 0.2) is 24.3 Å². The molecule has 2 amide bonds. The minimum absolute atomic E-state index is 0.0612. The van der Waals surface area contributed by atoms with E-state index < -0.39 is 0 Å². The summed E-state index contributed by atoms with van der Waals surface area (Å²) in [5.74, 6) is 1.49. The maximum Gasteiger partial charge on any atom is 0.317 e. The summed E-state index contributed by atoms with van der Waals surface area (Å²) in [5.41, 5.74) is 1.02. The topological polar surface area (TPSA) is 61.8 Å². The first-order valence-electron chi connectivity index (χ1n) is 8.88. The van der Waals surface area contributed by atoms with Gasteiger partial charge < -0.3 is 20.1 Å². The summed E-state index contributed by atoms with van der Waals surface area (Å²) in [6.45, 7) is 8.58. The van der Waals surface area contributed by atoms with Crippen LogP contribution in [0.1, 0.15) is 39.2 Å². The molecule has 0 spiro atoms. The van der Waals surface area contributed by atoms with Crippen molar-refractivity contribution in [2.24, 2.45) is 11.8 Å². The van der Waals surface area contributed by atoms with Crippen molar-refractivity contribution in [3.63, 3.8) is 0 Å². The van der Waals surface area contributed by atoms with Crippen molar-refractivity contribution >= 4 is 6.03 Å². The Morgan fingerprint density at radius 3 is 2.92 bits per heavy atom. The van der Waals surface area contributed by atoms with Crippen LogP contribution >= 0.6 is 0 Å². The zero-order valence-electron chi connectivity index (χ0n) is 15.0. The van der Waals surface area contributed by atoms with Crippen LogP contribution in [-0.4, -0.2) is 41.8 Å². The molecule has 1 aliphatic heterocycles. The van der Waals surface area contributed by atoms with Crippen LogP contribution in [0, 0.1) is 11.8 Å². The van der Waals surface area contributed by atoms with E-state index in [-0.39, 0.29) is 18.1 Å². The van der Waals surface area contributed by atoms with E-state index in [4.69, 9.17) is 4.74 Å². The van der Waals surface area contributed by atoms with E-state index >= 15 is 0 Å². The molecule has 5 heteroatoms. The zero-order valence-corrected chi connectivity index (χ0v) is 15.0. The second-order valence-corrected chi connectivity index (χ2v) is 7.10. The summed E-state index contributed by atoms with van der Waals surface area (Å²) < 4.78 is 5.72. The van der Waals surface area contributed by atoms with Crippen LogP contribution in [0.25, 0.3) is 0 Å². The van der Waals surface area contributed by atoms with Crippen molar-refractivity contribution in [2.45, 2.75) is 46.3 Å². The predicted molar refractivity (Wildman–Crippen MR) is 95.0 cm³/mol. The number of ether oxygens (including phenoxy) is 1. The highest BCUT2D eigenvalue weighted by atomic mass is 16.5. The number of benzene rings is 1. The molecule has 0 bridgehead atoms. The lowest BCUT2D eigenvalue weighted by Crippen LogP contribution is -2.47. The fraction of sp³-hybridized carbons (Fsp3) is 0.632. The molecule has 2 rings (SSSR count). The number of carbonyl (C=O) groups excluding carboxylic acids is 1. The van der Waals surface area contributed by atoms with E-state index in [0.29, 0.717) is 25.6 Å². The Morgan fingerprint density at radius 1 is 1.42 bits per heavy atom. The van der Waals surface area contributed by atoms with Gasteiger partial charge >= 0.3 is 6.03 Å². The van der Waals surface area contributed by atoms with E-state index in [1.807, 2.05) is 24.3 Å². The Morgan fingerprint density at radius 2 is 2.21 bits per heavy atom. The van der Waals surface area contributed by atoms with Gasteiger partial charge in [0.15, 0.2) is 0 Å². The standard InChI is InChI=1S/C19H30N2O3/c1-14(2)13-24-18-8-4-6-16(10-18)11-20-19(23)21-9-5-7-17(12-21)15(3)22/h4,6,8,10,14-15,17,22H,5,7,9,11-13H2,1-3H3,(H,20,23). The first kappa shape index (κ1) is 18.6. The Balaban J connectivity index is 1.84. The van der Waals surface area contributed by atoms with Gasteiger partial charge in [-0.25, -0.2) is 4.79 Å². The summed E-state index contributed by atoms with van der Waals surface area (Å²) in [6.07, 6.45) is 1.56. The molecule has 134 valence electrons. The number of piperidine rings is 1. The second-order valence-electron chi connectivity index (χ2n) is 7.10. The third-order valence-electron chi connectivity index (χ3n) is 4.35. The first-order chi connectivity index (χ1) is 11.5. The Bertz CT molecular complexity index is 531. The fourth-order valence-electron chi connectivity index (χ4n) is 2.89. The van der Waals surface area contributed by atoms with Crippen LogP contribution < -0.4 is 10.1 Å². The van der Waals surface area contributed by atoms with Gasteiger partial charge in [0, 0.05) is 25.6 Å². The number of hydrogen-bond acceptors (Lipinski definition) is 3. The number of amides is 2. The maximum atomic E-state index is 12.3. The highest BCUT2D eigenvalue weighted by Crippen LogP contribution is 2.20. The number of urea groups is 1. The molecule has 2 N–H and O–H groups in total. The van der Waals surface area contributed by atoms with Crippen LogP contribution in [-0.2, 0) is 6.54 Å². The van der Waals surface area contributed by atoms with Crippen molar-refractivity contribution in [3.8, 4) is 5.75 Å². The third kappa shape index (κ3) is 5.71. The van der Waals surface area contributed by atoms with Gasteiger partial charge in [-0.3, -0.25) is 0 Å². The largest absolute Gasteiger partial charge is 0.493 e. The normalized spacial score (nSPS) is 19.2. The number of hydrogen-bond donors (Lipinski definition) is 2. The van der Waals surface area contributed by atoms with Gasteiger partial charge in [-0.2, -0.15) is 0 Å². The molecule has 0 saturated carbocycles. The molecule has 0 aliphatic carbocycles. The number of likely N-dealkylation sites (tertiary alicyclic amines) is 1. The van der Waals surface area contributed by atoms with E-state index in [0.717, 1.165) is 30.7 Å². The van der Waals surface area contributed by atoms with Gasteiger partial charge in [-0.05, 0) is 43.4 Å². The van der Waals surface area contributed by atoms with E-state index in [9.17, 15) is 9.90 Å². The minimum Gasteiger partial charge on any atom is -0.493 e. The van der Waals surface area contributed by atoms with Gasteiger partial charge in [-0.15, -0.1) is 0 Å². The maximum absolute atomic E-state index is 12.3. The van der Waals surface area contributed by atoms with Crippen LogP contribution in [0.4, 0.5) is 4.79 Å². The molecule has 1 heterocycles. The first-order valence-corrected chi connectivity index (χ1v) is 8.88. The summed E-state index contributed by atoms with van der Waals surface area (Å²) in [6, 6.07) is 7.77. The molecule has 2 unspecified atom stereocenters. The van der Waals surface area contributed by atoms with Gasteiger partial charge in [0.1, 0.15) is 5.75 Å². The molecule has 1 aromatic rings. The number of rotatable bonds is 6. The van der Waals surface area contributed by atoms with Gasteiger partial charge in [0.05, 0.1) is 12.7 Å². The lowest BCUT2D eigenvalue weighted by molar-refractivity contribution is 0.0738. The predicted octanol–water partition coefficient (Wildman–Crippen LogP) is 3.02. The average molecular weight is 334 g/mol. The fourth-order valence-corrected chi connectivity index (χ4v) is 2.89. The molecule has 1 saturated heterocycles. The van der Waals surface area contributed by atoms with Crippen LogP contribution in [0.5, 0.6) is 5.75 Å². The lowest BCUT2D eigenvalue weighted by Gasteiger charge is -2.34. The highest BCUT2D eigenvalue weighted by molar-refractivity contribution is 5.74. The monoisotopic (exact) mass is 334 g/mol. The summed E-state index contributed by atoms with van der Waals surface area (Å²) >= 11 is 0. The Hall–Kier alpha value is -1.75. The van der Waals surface area contributed by atoms with Crippen molar-refractivity contribution < 1.29 is 14.6 Å². The molecule has 2 atom stereocenters. The molecule has 0 radical (unpaired) electrons. The highest BCUT2D eigenvalue weighted by Gasteiger charge is 2.26. The van der Waals surface area contributed by atoms with Gasteiger partial charge in [0.2, 0.25) is 0 Å². The second kappa shape index (κ2) is 8.92. The smallest absolute Gasteiger partial charge is 0.317 e. The molecule has 1 fully saturated rings. The average Bonchev–Trinajstić information content (AvgIpc) is 2.58. The lowest BCUT2D eigenvalue weighted by atomic mass is 9.94. The number of aliphatic hydroxyl groups excluding tert-OH is 1. The van der Waals surface area contributed by atoms with Crippen molar-refractivity contribution in [3.05, 3.63) is 29.8 Å². The molecular formula is C19H30N2O3. The number of nitrogens with zero attached hydrogens (tertiary/aromatic N) is 1. The Kier molecular flexibility index (Phi) is 6.91. The zero-order chi connectivity index (χ0) is 17.5. The third-order valence-corrected chi connectivity index (χ3v) is 4.35. The minimum atomic E-state index is -0.365. The number of nitrogens with one attached hydrogen (secondary N) is 1. The van der Waals surface area contributed by atoms with E-state index in [1.165, 1.54) is 0 Å². The van der Waals surface area contributed by atoms with Crippen molar-refractivity contribution in [2.75, 3.05) is 19.7 Å². The van der Waals surface area contributed by atoms with Gasteiger partial charge in [0.25, 0.3) is 0 Å². The van der Waals surface area contributed by atoms with Crippen molar-refractivity contribution in [1.82, 2.24) is 10.2 Å². The summed E-state index contributed by atoms with van der Waals surface area (Å²) in [4.78, 5) is 14.1. The van der Waals surface area contributed by atoms with E-state index in [1.54, 1.807) is 11.8 Å². The molecule has 0 aromatic heterocycles. The molecular weight excluding hydrogens is 304 g/mol. The summed E-state index contributed by atoms with van der Waals surface area (Å²) in [7, 11) is 0.